The highest BCUT2D eigenvalue weighted by atomic mass is 16.6. The van der Waals surface area contributed by atoms with Crippen molar-refractivity contribution in [2.24, 2.45) is 0 Å². The zero-order valence-electron chi connectivity index (χ0n) is 15.3. The van der Waals surface area contributed by atoms with Gasteiger partial charge >= 0.3 is 5.97 Å². The van der Waals surface area contributed by atoms with Gasteiger partial charge < -0.3 is 9.47 Å². The lowest BCUT2D eigenvalue weighted by Crippen LogP contribution is -2.09. The maximum Gasteiger partial charge on any atom is 0.305 e. The van der Waals surface area contributed by atoms with Crippen LogP contribution in [0.4, 0.5) is 0 Å². The Morgan fingerprint density at radius 1 is 0.958 bits per heavy atom. The summed E-state index contributed by atoms with van der Waals surface area (Å²) in [5.74, 6) is -0.0772. The maximum absolute atomic E-state index is 11.4. The molecule has 0 bridgehead atoms. The SMILES string of the molecule is CC/C=C/C/C=C/C/C=C/CCCCCCCC(=O)OC[C@@H]1CO1. The normalized spacial score (nSPS) is 17.3. The van der Waals surface area contributed by atoms with E-state index < -0.39 is 0 Å². The third-order valence-electron chi connectivity index (χ3n) is 3.86. The minimum absolute atomic E-state index is 0.0772. The summed E-state index contributed by atoms with van der Waals surface area (Å²) >= 11 is 0. The Balaban J connectivity index is 1.78. The van der Waals surface area contributed by atoms with Crippen molar-refractivity contribution in [3.8, 4) is 0 Å². The van der Waals surface area contributed by atoms with Crippen LogP contribution < -0.4 is 0 Å². The van der Waals surface area contributed by atoms with Crippen LogP contribution in [0.25, 0.3) is 0 Å². The molecule has 1 rings (SSSR count). The van der Waals surface area contributed by atoms with E-state index in [1.807, 2.05) is 0 Å². The Bertz CT molecular complexity index is 392. The third-order valence-corrected chi connectivity index (χ3v) is 3.86. The van der Waals surface area contributed by atoms with Crippen molar-refractivity contribution in [1.29, 1.82) is 0 Å². The van der Waals surface area contributed by atoms with Crippen molar-refractivity contribution in [2.75, 3.05) is 13.2 Å². The number of esters is 1. The predicted octanol–water partition coefficient (Wildman–Crippen LogP) is 5.52. The molecule has 3 heteroatoms. The van der Waals surface area contributed by atoms with E-state index in [1.54, 1.807) is 0 Å². The molecule has 1 atom stereocenters. The van der Waals surface area contributed by atoms with Crippen molar-refractivity contribution in [3.63, 3.8) is 0 Å². The van der Waals surface area contributed by atoms with E-state index in [4.69, 9.17) is 9.47 Å². The van der Waals surface area contributed by atoms with Crippen LogP contribution in [-0.4, -0.2) is 25.3 Å². The monoisotopic (exact) mass is 334 g/mol. The summed E-state index contributed by atoms with van der Waals surface area (Å²) in [6, 6.07) is 0. The van der Waals surface area contributed by atoms with Gasteiger partial charge in [-0.3, -0.25) is 4.79 Å². The van der Waals surface area contributed by atoms with E-state index in [0.717, 1.165) is 45.1 Å². The number of ether oxygens (including phenoxy) is 2. The highest BCUT2D eigenvalue weighted by molar-refractivity contribution is 5.69. The maximum atomic E-state index is 11.4. The molecule has 0 radical (unpaired) electrons. The average molecular weight is 335 g/mol. The quantitative estimate of drug-likeness (QED) is 0.171. The van der Waals surface area contributed by atoms with E-state index in [-0.39, 0.29) is 12.1 Å². The lowest BCUT2D eigenvalue weighted by atomic mass is 10.1. The Morgan fingerprint density at radius 3 is 2.29 bits per heavy atom. The Morgan fingerprint density at radius 2 is 1.58 bits per heavy atom. The Labute approximate surface area is 147 Å². The van der Waals surface area contributed by atoms with Crippen molar-refractivity contribution in [2.45, 2.75) is 77.2 Å². The van der Waals surface area contributed by atoms with Gasteiger partial charge in [-0.1, -0.05) is 62.6 Å². The summed E-state index contributed by atoms with van der Waals surface area (Å²) in [5, 5.41) is 0. The fourth-order valence-electron chi connectivity index (χ4n) is 2.31. The molecule has 136 valence electrons. The molecule has 0 aromatic heterocycles. The van der Waals surface area contributed by atoms with Crippen LogP contribution >= 0.6 is 0 Å². The van der Waals surface area contributed by atoms with E-state index >= 15 is 0 Å². The molecule has 0 aromatic rings. The van der Waals surface area contributed by atoms with Crippen LogP contribution in [0.3, 0.4) is 0 Å². The largest absolute Gasteiger partial charge is 0.463 e. The second-order valence-corrected chi connectivity index (χ2v) is 6.24. The summed E-state index contributed by atoms with van der Waals surface area (Å²) in [4.78, 5) is 11.4. The number of rotatable bonds is 15. The molecule has 0 unspecified atom stereocenters. The van der Waals surface area contributed by atoms with Crippen molar-refractivity contribution in [3.05, 3.63) is 36.5 Å². The molecule has 3 nitrogen and oxygen atoms in total. The number of unbranched alkanes of at least 4 members (excludes halogenated alkanes) is 5. The van der Waals surface area contributed by atoms with Crippen LogP contribution in [0.1, 0.15) is 71.1 Å². The first-order valence-electron chi connectivity index (χ1n) is 9.55. The number of epoxide rings is 1. The van der Waals surface area contributed by atoms with Gasteiger partial charge in [-0.05, 0) is 38.5 Å². The second-order valence-electron chi connectivity index (χ2n) is 6.24. The first-order chi connectivity index (χ1) is 11.8. The van der Waals surface area contributed by atoms with E-state index in [0.29, 0.717) is 13.0 Å². The standard InChI is InChI=1S/C21H34O3/c1-2-3-4-5-6-7-8-9-10-11-12-13-14-15-16-17-21(22)24-19-20-18-23-20/h3-4,6-7,9-10,20H,2,5,8,11-19H2,1H3/b4-3+,7-6+,10-9+/t20-/m0/s1. The number of hydrogen-bond donors (Lipinski definition) is 0. The van der Waals surface area contributed by atoms with Crippen LogP contribution in [0.15, 0.2) is 36.5 Å². The van der Waals surface area contributed by atoms with Gasteiger partial charge in [0.25, 0.3) is 0 Å². The van der Waals surface area contributed by atoms with Gasteiger partial charge in [0.1, 0.15) is 12.7 Å². The fourth-order valence-corrected chi connectivity index (χ4v) is 2.31. The predicted molar refractivity (Wildman–Crippen MR) is 100.0 cm³/mol. The van der Waals surface area contributed by atoms with Gasteiger partial charge in [0, 0.05) is 6.42 Å². The minimum atomic E-state index is -0.0772. The molecular formula is C21H34O3. The lowest BCUT2D eigenvalue weighted by molar-refractivity contribution is -0.144. The fraction of sp³-hybridized carbons (Fsp3) is 0.667. The van der Waals surface area contributed by atoms with Gasteiger partial charge in [0.05, 0.1) is 6.61 Å². The van der Waals surface area contributed by atoms with Gasteiger partial charge in [0.15, 0.2) is 0 Å². The minimum Gasteiger partial charge on any atom is -0.463 e. The zero-order chi connectivity index (χ0) is 17.3. The molecule has 1 fully saturated rings. The molecule has 0 amide bonds. The molecular weight excluding hydrogens is 300 g/mol. The number of allylic oxidation sites excluding steroid dienone is 6. The van der Waals surface area contributed by atoms with Crippen LogP contribution in [0.2, 0.25) is 0 Å². The molecule has 0 saturated carbocycles. The van der Waals surface area contributed by atoms with Gasteiger partial charge in [0.2, 0.25) is 0 Å². The van der Waals surface area contributed by atoms with Gasteiger partial charge in [-0.2, -0.15) is 0 Å². The number of carbonyl (C=O) groups is 1. The molecule has 0 N–H and O–H groups in total. The molecule has 0 spiro atoms. The zero-order valence-corrected chi connectivity index (χ0v) is 15.3. The summed E-state index contributed by atoms with van der Waals surface area (Å²) in [5.41, 5.74) is 0. The molecule has 0 aliphatic carbocycles. The van der Waals surface area contributed by atoms with E-state index in [2.05, 4.69) is 43.4 Å². The summed E-state index contributed by atoms with van der Waals surface area (Å²) < 4.78 is 10.1. The van der Waals surface area contributed by atoms with Crippen LogP contribution in [0, 0.1) is 0 Å². The van der Waals surface area contributed by atoms with Gasteiger partial charge in [-0.25, -0.2) is 0 Å². The molecule has 24 heavy (non-hydrogen) atoms. The van der Waals surface area contributed by atoms with Crippen molar-refractivity contribution in [1.82, 2.24) is 0 Å². The molecule has 1 aliphatic heterocycles. The highest BCUT2D eigenvalue weighted by Crippen LogP contribution is 2.11. The van der Waals surface area contributed by atoms with Crippen molar-refractivity contribution >= 4 is 5.97 Å². The Kier molecular flexibility index (Phi) is 13.1. The van der Waals surface area contributed by atoms with Crippen LogP contribution in [0.5, 0.6) is 0 Å². The molecule has 1 heterocycles. The summed E-state index contributed by atoms with van der Waals surface area (Å²) in [6.07, 6.45) is 24.2. The van der Waals surface area contributed by atoms with E-state index in [1.165, 1.54) is 19.3 Å². The van der Waals surface area contributed by atoms with Gasteiger partial charge in [-0.15, -0.1) is 0 Å². The highest BCUT2D eigenvalue weighted by Gasteiger charge is 2.23. The van der Waals surface area contributed by atoms with E-state index in [9.17, 15) is 4.79 Å². The second kappa shape index (κ2) is 15.2. The molecule has 1 aliphatic rings. The third kappa shape index (κ3) is 14.3. The first kappa shape index (κ1) is 20.7. The topological polar surface area (TPSA) is 38.8 Å². The smallest absolute Gasteiger partial charge is 0.305 e. The van der Waals surface area contributed by atoms with Crippen LogP contribution in [-0.2, 0) is 14.3 Å². The average Bonchev–Trinajstić information content (AvgIpc) is 3.41. The van der Waals surface area contributed by atoms with Crippen molar-refractivity contribution < 1.29 is 14.3 Å². The Hall–Kier alpha value is -1.35. The summed E-state index contributed by atoms with van der Waals surface area (Å²) in [6.45, 7) is 3.34. The number of hydrogen-bond acceptors (Lipinski definition) is 3. The molecule has 1 saturated heterocycles. The molecule has 0 aromatic carbocycles. The summed E-state index contributed by atoms with van der Waals surface area (Å²) in [7, 11) is 0. The lowest BCUT2D eigenvalue weighted by Gasteiger charge is -2.02. The number of carbonyl (C=O) groups excluding carboxylic acids is 1. The first-order valence-corrected chi connectivity index (χ1v) is 9.55.